The third kappa shape index (κ3) is 12.8. The van der Waals surface area contributed by atoms with Crippen LogP contribution in [-0.4, -0.2) is 28.5 Å². The molecule has 5 heteroatoms. The van der Waals surface area contributed by atoms with Gasteiger partial charge in [0, 0.05) is 17.8 Å². The highest BCUT2D eigenvalue weighted by atomic mass is 16.6. The fourth-order valence-corrected chi connectivity index (χ4v) is 2.35. The number of hydrogen-bond acceptors (Lipinski definition) is 4. The first-order chi connectivity index (χ1) is 11.1. The van der Waals surface area contributed by atoms with E-state index >= 15 is 0 Å². The highest BCUT2D eigenvalue weighted by Crippen LogP contribution is 2.13. The van der Waals surface area contributed by atoms with Gasteiger partial charge >= 0.3 is 0 Å². The number of unbranched alkanes of at least 4 members (excludes halogenated alkanes) is 8. The second kappa shape index (κ2) is 15.5. The van der Waals surface area contributed by atoms with Gasteiger partial charge in [0.05, 0.1) is 6.42 Å². The van der Waals surface area contributed by atoms with Gasteiger partial charge in [-0.15, -0.1) is 5.92 Å². The normalized spacial score (nSPS) is 13.0. The van der Waals surface area contributed by atoms with Gasteiger partial charge in [0.25, 0.3) is 0 Å². The summed E-state index contributed by atoms with van der Waals surface area (Å²) >= 11 is 0. The first-order valence-electron chi connectivity index (χ1n) is 8.75. The Hall–Kier alpha value is -1.41. The fraction of sp³-hybridized carbons (Fsp3) is 0.833. The molecule has 0 aromatic rings. The summed E-state index contributed by atoms with van der Waals surface area (Å²) in [7, 11) is 0. The maximum absolute atomic E-state index is 11.1. The van der Waals surface area contributed by atoms with Crippen molar-refractivity contribution in [2.45, 2.75) is 96.1 Å². The molecule has 23 heavy (non-hydrogen) atoms. The molecule has 0 spiro atoms. The molecule has 0 aliphatic rings. The van der Waals surface area contributed by atoms with Crippen molar-refractivity contribution in [3.63, 3.8) is 0 Å². The SMILES string of the molecule is CCCCCC#CCC(C(O)CCCCCCC[C]=O)[N+](=O)[O-]. The van der Waals surface area contributed by atoms with Gasteiger partial charge in [-0.25, -0.2) is 0 Å². The molecule has 2 unspecified atom stereocenters. The molecular formula is C18H30NO4. The van der Waals surface area contributed by atoms with E-state index in [1.165, 1.54) is 0 Å². The van der Waals surface area contributed by atoms with Gasteiger partial charge in [-0.3, -0.25) is 14.9 Å². The van der Waals surface area contributed by atoms with Gasteiger partial charge in [0.15, 0.2) is 6.29 Å². The monoisotopic (exact) mass is 324 g/mol. The lowest BCUT2D eigenvalue weighted by molar-refractivity contribution is -0.533. The van der Waals surface area contributed by atoms with Gasteiger partial charge in [-0.2, -0.15) is 0 Å². The summed E-state index contributed by atoms with van der Waals surface area (Å²) < 4.78 is 0. The van der Waals surface area contributed by atoms with Crippen LogP contribution in [0, 0.1) is 22.0 Å². The molecule has 2 atom stereocenters. The molecule has 0 bridgehead atoms. The van der Waals surface area contributed by atoms with E-state index in [1.807, 2.05) is 6.29 Å². The van der Waals surface area contributed by atoms with Gasteiger partial charge in [0.1, 0.15) is 6.10 Å². The minimum absolute atomic E-state index is 0.120. The van der Waals surface area contributed by atoms with E-state index in [9.17, 15) is 20.0 Å². The fourth-order valence-electron chi connectivity index (χ4n) is 2.35. The molecule has 0 heterocycles. The molecule has 1 radical (unpaired) electrons. The lowest BCUT2D eigenvalue weighted by atomic mass is 10.0. The van der Waals surface area contributed by atoms with Crippen molar-refractivity contribution in [3.05, 3.63) is 10.1 Å². The number of rotatable bonds is 14. The predicted molar refractivity (Wildman–Crippen MR) is 91.3 cm³/mol. The Morgan fingerprint density at radius 3 is 2.30 bits per heavy atom. The molecule has 0 saturated carbocycles. The summed E-state index contributed by atoms with van der Waals surface area (Å²) in [5, 5.41) is 21.1. The first kappa shape index (κ1) is 21.6. The zero-order valence-corrected chi connectivity index (χ0v) is 14.3. The number of nitro groups is 1. The van der Waals surface area contributed by atoms with Crippen LogP contribution in [0.4, 0.5) is 0 Å². The van der Waals surface area contributed by atoms with Crippen LogP contribution >= 0.6 is 0 Å². The van der Waals surface area contributed by atoms with Crippen LogP contribution in [0.3, 0.4) is 0 Å². The second-order valence-corrected chi connectivity index (χ2v) is 5.89. The van der Waals surface area contributed by atoms with Crippen molar-refractivity contribution < 1.29 is 14.8 Å². The highest BCUT2D eigenvalue weighted by molar-refractivity contribution is 5.50. The molecule has 0 aliphatic heterocycles. The predicted octanol–water partition coefficient (Wildman–Crippen LogP) is 3.81. The number of carbonyl (C=O) groups excluding carboxylic acids is 1. The summed E-state index contributed by atoms with van der Waals surface area (Å²) in [6, 6.07) is -0.988. The van der Waals surface area contributed by atoms with Crippen LogP contribution in [0.2, 0.25) is 0 Å². The summed E-state index contributed by atoms with van der Waals surface area (Å²) in [4.78, 5) is 20.7. The Balaban J connectivity index is 3.94. The van der Waals surface area contributed by atoms with Crippen molar-refractivity contribution >= 4 is 6.29 Å². The largest absolute Gasteiger partial charge is 0.386 e. The Morgan fingerprint density at radius 2 is 1.65 bits per heavy atom. The van der Waals surface area contributed by atoms with Crippen molar-refractivity contribution in [1.29, 1.82) is 0 Å². The van der Waals surface area contributed by atoms with Crippen LogP contribution in [0.1, 0.15) is 84.0 Å². The Morgan fingerprint density at radius 1 is 1.00 bits per heavy atom. The molecule has 0 aromatic heterocycles. The summed E-state index contributed by atoms with van der Waals surface area (Å²) in [6.07, 6.45) is 10.5. The van der Waals surface area contributed by atoms with Gasteiger partial charge < -0.3 is 5.11 Å². The van der Waals surface area contributed by atoms with Crippen molar-refractivity contribution in [1.82, 2.24) is 0 Å². The molecule has 5 nitrogen and oxygen atoms in total. The van der Waals surface area contributed by atoms with Crippen LogP contribution < -0.4 is 0 Å². The lowest BCUT2D eigenvalue weighted by Crippen LogP contribution is -2.33. The third-order valence-electron chi connectivity index (χ3n) is 3.84. The van der Waals surface area contributed by atoms with E-state index in [0.29, 0.717) is 12.8 Å². The first-order valence-corrected chi connectivity index (χ1v) is 8.75. The molecular weight excluding hydrogens is 294 g/mol. The van der Waals surface area contributed by atoms with E-state index in [-0.39, 0.29) is 6.42 Å². The van der Waals surface area contributed by atoms with Crippen molar-refractivity contribution in [2.24, 2.45) is 0 Å². The summed E-state index contributed by atoms with van der Waals surface area (Å²) in [5.74, 6) is 5.80. The zero-order valence-electron chi connectivity index (χ0n) is 14.3. The van der Waals surface area contributed by atoms with Crippen LogP contribution in [0.5, 0.6) is 0 Å². The van der Waals surface area contributed by atoms with Crippen molar-refractivity contribution in [2.75, 3.05) is 0 Å². The Labute approximate surface area is 140 Å². The van der Waals surface area contributed by atoms with Crippen LogP contribution in [0.15, 0.2) is 0 Å². The van der Waals surface area contributed by atoms with E-state index in [4.69, 9.17) is 0 Å². The van der Waals surface area contributed by atoms with E-state index < -0.39 is 17.1 Å². The molecule has 0 rings (SSSR count). The highest BCUT2D eigenvalue weighted by Gasteiger charge is 2.28. The number of aliphatic hydroxyl groups excluding tert-OH is 1. The van der Waals surface area contributed by atoms with E-state index in [0.717, 1.165) is 57.8 Å². The Kier molecular flexibility index (Phi) is 14.5. The molecule has 0 saturated heterocycles. The number of hydrogen-bond donors (Lipinski definition) is 1. The zero-order chi connectivity index (χ0) is 17.3. The second-order valence-electron chi connectivity index (χ2n) is 5.89. The topological polar surface area (TPSA) is 80.4 Å². The smallest absolute Gasteiger partial charge is 0.249 e. The van der Waals surface area contributed by atoms with Crippen LogP contribution in [0.25, 0.3) is 0 Å². The molecule has 1 N–H and O–H groups in total. The molecule has 0 fully saturated rings. The quantitative estimate of drug-likeness (QED) is 0.228. The third-order valence-corrected chi connectivity index (χ3v) is 3.84. The summed E-state index contributed by atoms with van der Waals surface area (Å²) in [6.45, 7) is 2.12. The summed E-state index contributed by atoms with van der Waals surface area (Å²) in [5.41, 5.74) is 0. The number of nitrogens with zero attached hydrogens (tertiary/aromatic N) is 1. The maximum Gasteiger partial charge on any atom is 0.249 e. The molecule has 0 aliphatic carbocycles. The molecule has 131 valence electrons. The minimum atomic E-state index is -0.988. The van der Waals surface area contributed by atoms with Gasteiger partial charge in [0.2, 0.25) is 6.04 Å². The van der Waals surface area contributed by atoms with Gasteiger partial charge in [-0.05, 0) is 19.3 Å². The standard InChI is InChI=1S/C18H30NO4/c1-2-3-4-5-8-11-14-17(19(22)23)18(21)15-12-9-6-7-10-13-16-20/h17-18,21H,2-7,9-10,12-15H2,1H3. The minimum Gasteiger partial charge on any atom is -0.386 e. The molecule has 0 amide bonds. The van der Waals surface area contributed by atoms with Crippen LogP contribution in [-0.2, 0) is 4.79 Å². The average molecular weight is 324 g/mol. The number of aliphatic hydroxyl groups is 1. The van der Waals surface area contributed by atoms with Crippen molar-refractivity contribution in [3.8, 4) is 11.8 Å². The average Bonchev–Trinajstić information content (AvgIpc) is 2.52. The maximum atomic E-state index is 11.1. The Bertz CT molecular complexity index is 373. The molecule has 0 aromatic carbocycles. The van der Waals surface area contributed by atoms with Gasteiger partial charge in [-0.1, -0.05) is 51.4 Å². The lowest BCUT2D eigenvalue weighted by Gasteiger charge is -2.13. The van der Waals surface area contributed by atoms with E-state index in [1.54, 1.807) is 0 Å². The van der Waals surface area contributed by atoms with E-state index in [2.05, 4.69) is 18.8 Å².